The normalized spacial score (nSPS) is 12.5. The molecule has 0 aliphatic rings. The number of ether oxygens (including phenoxy) is 1. The highest BCUT2D eigenvalue weighted by Crippen LogP contribution is 2.26. The Morgan fingerprint density at radius 3 is 2.03 bits per heavy atom. The van der Waals surface area contributed by atoms with E-state index in [-0.39, 0.29) is 17.3 Å². The zero-order valence-electron chi connectivity index (χ0n) is 19.0. The van der Waals surface area contributed by atoms with Crippen molar-refractivity contribution in [3.8, 4) is 0 Å². The first kappa shape index (κ1) is 28.9. The van der Waals surface area contributed by atoms with E-state index in [2.05, 4.69) is 53.7 Å². The average molecular weight is 403 g/mol. The van der Waals surface area contributed by atoms with Crippen LogP contribution in [-0.2, 0) is 9.53 Å². The van der Waals surface area contributed by atoms with Gasteiger partial charge in [-0.15, -0.1) is 0 Å². The second kappa shape index (κ2) is 16.7. The van der Waals surface area contributed by atoms with E-state index in [0.29, 0.717) is 24.4 Å². The Hall–Kier alpha value is -2.26. The van der Waals surface area contributed by atoms with Gasteiger partial charge in [0.1, 0.15) is 12.1 Å². The van der Waals surface area contributed by atoms with Crippen LogP contribution in [0.15, 0.2) is 84.8 Å². The molecule has 0 N–H and O–H groups in total. The Kier molecular flexibility index (Phi) is 16.6. The second-order valence-corrected chi connectivity index (χ2v) is 7.37. The molecule has 0 fully saturated rings. The second-order valence-electron chi connectivity index (χ2n) is 7.37. The van der Waals surface area contributed by atoms with Gasteiger partial charge in [-0.05, 0) is 65.2 Å². The number of hydrogen-bond acceptors (Lipinski definition) is 2. The highest BCUT2D eigenvalue weighted by Gasteiger charge is 2.11. The Balaban J connectivity index is 0. The summed E-state index contributed by atoms with van der Waals surface area (Å²) in [5.74, 6) is 0.491. The van der Waals surface area contributed by atoms with E-state index in [0.717, 1.165) is 36.0 Å². The van der Waals surface area contributed by atoms with Crippen LogP contribution >= 0.6 is 0 Å². The lowest BCUT2D eigenvalue weighted by Crippen LogP contribution is -2.01. The number of aldehydes is 1. The smallest absolute Gasteiger partial charge is 0.142 e. The number of hydrogen-bond donors (Lipinski definition) is 0. The fourth-order valence-corrected chi connectivity index (χ4v) is 2.24. The van der Waals surface area contributed by atoms with E-state index in [1.54, 1.807) is 13.2 Å². The standard InChI is InChI=1S/C23H35FO.C3H4O/c1-10-17(4)22(15-25-9)13-20(7)21(8)23(24)14-19(6)18(5)12-11-16(2)3;1-2-3-4/h13-14,16,18H,4,6-8,10-12,15H2,1-3,5,9H3;2-3H,1H2/b22-13-,23-14+;. The SMILES string of the molecule is C=C(/C=C(/COC)C(=C)CC)C(=C)/C(F)=C\C(=C)C(C)CCC(C)C.C=CC=O. The third-order valence-electron chi connectivity index (χ3n) is 4.42. The van der Waals surface area contributed by atoms with Crippen molar-refractivity contribution in [3.63, 3.8) is 0 Å². The summed E-state index contributed by atoms with van der Waals surface area (Å²) in [6.45, 7) is 27.8. The van der Waals surface area contributed by atoms with Crippen molar-refractivity contribution in [2.24, 2.45) is 11.8 Å². The molecule has 0 bridgehead atoms. The molecule has 0 spiro atoms. The summed E-state index contributed by atoms with van der Waals surface area (Å²) in [7, 11) is 1.62. The molecular weight excluding hydrogens is 363 g/mol. The zero-order valence-corrected chi connectivity index (χ0v) is 19.0. The Bertz CT molecular complexity index is 642. The molecular formula is C26H39FO2. The van der Waals surface area contributed by atoms with E-state index < -0.39 is 0 Å². The fraction of sp³-hybridized carbons (Fsp3) is 0.423. The van der Waals surface area contributed by atoms with Crippen LogP contribution < -0.4 is 0 Å². The molecule has 0 amide bonds. The average Bonchev–Trinajstić information content (AvgIpc) is 2.70. The van der Waals surface area contributed by atoms with Gasteiger partial charge < -0.3 is 4.74 Å². The van der Waals surface area contributed by atoms with Gasteiger partial charge >= 0.3 is 0 Å². The first-order chi connectivity index (χ1) is 13.5. The Labute approximate surface area is 177 Å². The molecule has 2 nitrogen and oxygen atoms in total. The largest absolute Gasteiger partial charge is 0.380 e. The van der Waals surface area contributed by atoms with Gasteiger partial charge in [-0.3, -0.25) is 4.79 Å². The Morgan fingerprint density at radius 2 is 1.62 bits per heavy atom. The van der Waals surface area contributed by atoms with Gasteiger partial charge in [0.15, 0.2) is 0 Å². The van der Waals surface area contributed by atoms with Crippen LogP contribution in [0.4, 0.5) is 4.39 Å². The first-order valence-corrected chi connectivity index (χ1v) is 9.93. The molecule has 29 heavy (non-hydrogen) atoms. The summed E-state index contributed by atoms with van der Waals surface area (Å²) in [5.41, 5.74) is 3.44. The minimum Gasteiger partial charge on any atom is -0.380 e. The predicted molar refractivity (Wildman–Crippen MR) is 125 cm³/mol. The highest BCUT2D eigenvalue weighted by atomic mass is 19.1. The monoisotopic (exact) mass is 402 g/mol. The number of allylic oxidation sites excluding steroid dienone is 7. The van der Waals surface area contributed by atoms with Gasteiger partial charge in [0.2, 0.25) is 0 Å². The molecule has 0 aliphatic heterocycles. The van der Waals surface area contributed by atoms with Crippen molar-refractivity contribution < 1.29 is 13.9 Å². The molecule has 0 aromatic carbocycles. The lowest BCUT2D eigenvalue weighted by molar-refractivity contribution is -0.104. The molecule has 0 saturated carbocycles. The molecule has 0 aromatic rings. The summed E-state index contributed by atoms with van der Waals surface area (Å²) in [6.07, 6.45) is 8.03. The minimum absolute atomic E-state index is 0.244. The lowest BCUT2D eigenvalue weighted by Gasteiger charge is -2.14. The van der Waals surface area contributed by atoms with Gasteiger partial charge in [0.25, 0.3) is 0 Å². The van der Waals surface area contributed by atoms with Gasteiger partial charge in [-0.25, -0.2) is 4.39 Å². The third kappa shape index (κ3) is 13.5. The summed E-state index contributed by atoms with van der Waals surface area (Å²) in [4.78, 5) is 9.06. The van der Waals surface area contributed by atoms with Crippen molar-refractivity contribution in [2.75, 3.05) is 13.7 Å². The van der Waals surface area contributed by atoms with E-state index in [1.807, 2.05) is 6.92 Å². The van der Waals surface area contributed by atoms with Crippen LogP contribution in [-0.4, -0.2) is 20.0 Å². The van der Waals surface area contributed by atoms with Gasteiger partial charge in [-0.1, -0.05) is 67.0 Å². The Morgan fingerprint density at radius 1 is 1.07 bits per heavy atom. The third-order valence-corrected chi connectivity index (χ3v) is 4.42. The summed E-state index contributed by atoms with van der Waals surface area (Å²) in [5, 5.41) is 0. The molecule has 0 saturated heterocycles. The molecule has 162 valence electrons. The van der Waals surface area contributed by atoms with E-state index in [4.69, 9.17) is 9.53 Å². The molecule has 1 atom stereocenters. The first-order valence-electron chi connectivity index (χ1n) is 9.93. The molecule has 0 heterocycles. The highest BCUT2D eigenvalue weighted by molar-refractivity contribution is 5.63. The van der Waals surface area contributed by atoms with E-state index in [1.165, 1.54) is 12.2 Å². The topological polar surface area (TPSA) is 26.3 Å². The number of carbonyl (C=O) groups is 1. The van der Waals surface area contributed by atoms with Crippen LogP contribution in [0, 0.1) is 11.8 Å². The van der Waals surface area contributed by atoms with Gasteiger partial charge in [-0.2, -0.15) is 0 Å². The maximum absolute atomic E-state index is 14.5. The molecule has 0 aliphatic carbocycles. The zero-order chi connectivity index (χ0) is 23.0. The quantitative estimate of drug-likeness (QED) is 0.181. The summed E-state index contributed by atoms with van der Waals surface area (Å²) < 4.78 is 19.7. The van der Waals surface area contributed by atoms with E-state index in [9.17, 15) is 4.39 Å². The van der Waals surface area contributed by atoms with Crippen molar-refractivity contribution in [3.05, 3.63) is 84.8 Å². The lowest BCUT2D eigenvalue weighted by atomic mass is 9.92. The van der Waals surface area contributed by atoms with Gasteiger partial charge in [0.05, 0.1) is 6.61 Å². The number of carbonyl (C=O) groups excluding carboxylic acids is 1. The molecule has 3 heteroatoms. The maximum Gasteiger partial charge on any atom is 0.142 e. The molecule has 1 unspecified atom stereocenters. The van der Waals surface area contributed by atoms with Crippen LogP contribution in [0.3, 0.4) is 0 Å². The summed E-state index contributed by atoms with van der Waals surface area (Å²) >= 11 is 0. The van der Waals surface area contributed by atoms with Crippen LogP contribution in [0.5, 0.6) is 0 Å². The number of halogens is 1. The molecule has 0 radical (unpaired) electrons. The van der Waals surface area contributed by atoms with Crippen LogP contribution in [0.25, 0.3) is 0 Å². The number of rotatable bonds is 13. The van der Waals surface area contributed by atoms with Crippen molar-refractivity contribution >= 4 is 6.29 Å². The number of methoxy groups -OCH3 is 1. The fourth-order valence-electron chi connectivity index (χ4n) is 2.24. The molecule has 0 rings (SSSR count). The van der Waals surface area contributed by atoms with Crippen molar-refractivity contribution in [1.82, 2.24) is 0 Å². The van der Waals surface area contributed by atoms with Gasteiger partial charge in [0, 0.05) is 12.7 Å². The summed E-state index contributed by atoms with van der Waals surface area (Å²) in [6, 6.07) is 0. The van der Waals surface area contributed by atoms with E-state index >= 15 is 0 Å². The van der Waals surface area contributed by atoms with Crippen LogP contribution in [0.2, 0.25) is 0 Å². The van der Waals surface area contributed by atoms with Crippen molar-refractivity contribution in [1.29, 1.82) is 0 Å². The van der Waals surface area contributed by atoms with Crippen LogP contribution in [0.1, 0.15) is 47.0 Å². The maximum atomic E-state index is 14.5. The van der Waals surface area contributed by atoms with Crippen molar-refractivity contribution in [2.45, 2.75) is 47.0 Å². The predicted octanol–water partition coefficient (Wildman–Crippen LogP) is 7.49. The minimum atomic E-state index is -0.387. The molecule has 0 aromatic heterocycles.